The Morgan fingerprint density at radius 1 is 1.11 bits per heavy atom. The fraction of sp³-hybridized carbons (Fsp3) is 0.409. The summed E-state index contributed by atoms with van der Waals surface area (Å²) in [6.07, 6.45) is 3.51. The number of carbonyl (C=O) groups excluding carboxylic acids is 1. The van der Waals surface area contributed by atoms with Crippen molar-refractivity contribution in [1.82, 2.24) is 10.2 Å². The smallest absolute Gasteiger partial charge is 0.255 e. The minimum atomic E-state index is -0.129. The van der Waals surface area contributed by atoms with Gasteiger partial charge >= 0.3 is 0 Å². The van der Waals surface area contributed by atoms with Gasteiger partial charge in [0.1, 0.15) is 11.5 Å². The molecule has 27 heavy (non-hydrogen) atoms. The van der Waals surface area contributed by atoms with E-state index in [1.807, 2.05) is 6.07 Å². The Morgan fingerprint density at radius 2 is 1.93 bits per heavy atom. The standard InChI is InChI=1S/C22H28N2O3/c1-26-19-11-12-21(27-2)20(14-19)22(25)23-15-18-10-6-7-13-24(18)16-17-8-4-3-5-9-17/h3-5,8-9,11-12,14,18H,6-7,10,13,15-16H2,1-2H3,(H,23,25). The molecular weight excluding hydrogens is 340 g/mol. The van der Waals surface area contributed by atoms with Crippen molar-refractivity contribution < 1.29 is 14.3 Å². The van der Waals surface area contributed by atoms with E-state index in [1.165, 1.54) is 18.4 Å². The van der Waals surface area contributed by atoms with Crippen LogP contribution < -0.4 is 14.8 Å². The second-order valence-corrected chi connectivity index (χ2v) is 6.88. The van der Waals surface area contributed by atoms with Gasteiger partial charge in [-0.1, -0.05) is 36.8 Å². The van der Waals surface area contributed by atoms with E-state index in [9.17, 15) is 4.79 Å². The number of rotatable bonds is 7. The topological polar surface area (TPSA) is 50.8 Å². The Bertz CT molecular complexity index is 748. The van der Waals surface area contributed by atoms with E-state index < -0.39 is 0 Å². The molecule has 1 aliphatic heterocycles. The third-order valence-corrected chi connectivity index (χ3v) is 5.13. The molecule has 3 rings (SSSR count). The Labute approximate surface area is 161 Å². The number of ether oxygens (including phenoxy) is 2. The molecule has 1 fully saturated rings. The molecule has 5 nitrogen and oxygen atoms in total. The average Bonchev–Trinajstić information content (AvgIpc) is 2.73. The maximum atomic E-state index is 12.7. The molecule has 2 aromatic rings. The zero-order valence-corrected chi connectivity index (χ0v) is 16.1. The van der Waals surface area contributed by atoms with Gasteiger partial charge in [0.2, 0.25) is 0 Å². The highest BCUT2D eigenvalue weighted by atomic mass is 16.5. The van der Waals surface area contributed by atoms with Crippen LogP contribution >= 0.6 is 0 Å². The van der Waals surface area contributed by atoms with Gasteiger partial charge in [0.15, 0.2) is 0 Å². The minimum absolute atomic E-state index is 0.129. The van der Waals surface area contributed by atoms with Crippen LogP contribution in [0.2, 0.25) is 0 Å². The quantitative estimate of drug-likeness (QED) is 0.813. The Morgan fingerprint density at radius 3 is 2.67 bits per heavy atom. The number of hydrogen-bond acceptors (Lipinski definition) is 4. The van der Waals surface area contributed by atoms with Crippen LogP contribution in [0.4, 0.5) is 0 Å². The molecule has 144 valence electrons. The lowest BCUT2D eigenvalue weighted by atomic mass is 10.0. The molecule has 0 saturated carbocycles. The van der Waals surface area contributed by atoms with Gasteiger partial charge in [-0.05, 0) is 43.1 Å². The summed E-state index contributed by atoms with van der Waals surface area (Å²) in [5.41, 5.74) is 1.81. The maximum Gasteiger partial charge on any atom is 0.255 e. The monoisotopic (exact) mass is 368 g/mol. The highest BCUT2D eigenvalue weighted by Crippen LogP contribution is 2.24. The highest BCUT2D eigenvalue weighted by Gasteiger charge is 2.23. The maximum absolute atomic E-state index is 12.7. The molecular formula is C22H28N2O3. The van der Waals surface area contributed by atoms with Crippen LogP contribution in [-0.4, -0.2) is 44.2 Å². The molecule has 0 aromatic heterocycles. The normalized spacial score (nSPS) is 17.3. The number of benzene rings is 2. The number of carbonyl (C=O) groups is 1. The third kappa shape index (κ3) is 5.01. The van der Waals surface area contributed by atoms with E-state index in [-0.39, 0.29) is 5.91 Å². The summed E-state index contributed by atoms with van der Waals surface area (Å²) < 4.78 is 10.6. The first kappa shape index (κ1) is 19.2. The summed E-state index contributed by atoms with van der Waals surface area (Å²) in [6.45, 7) is 2.62. The lowest BCUT2D eigenvalue weighted by Gasteiger charge is -2.36. The third-order valence-electron chi connectivity index (χ3n) is 5.13. The van der Waals surface area contributed by atoms with Gasteiger partial charge in [0, 0.05) is 19.1 Å². The van der Waals surface area contributed by atoms with Crippen LogP contribution in [-0.2, 0) is 6.54 Å². The van der Waals surface area contributed by atoms with E-state index >= 15 is 0 Å². The van der Waals surface area contributed by atoms with Crippen molar-refractivity contribution in [3.8, 4) is 11.5 Å². The van der Waals surface area contributed by atoms with Crippen LogP contribution in [0.1, 0.15) is 35.2 Å². The predicted octanol–water partition coefficient (Wildman–Crippen LogP) is 3.49. The van der Waals surface area contributed by atoms with Gasteiger partial charge in [0.05, 0.1) is 19.8 Å². The lowest BCUT2D eigenvalue weighted by molar-refractivity contribution is 0.0904. The van der Waals surface area contributed by atoms with E-state index in [1.54, 1.807) is 32.4 Å². The van der Waals surface area contributed by atoms with Crippen molar-refractivity contribution in [2.75, 3.05) is 27.3 Å². The largest absolute Gasteiger partial charge is 0.497 e. The molecule has 1 saturated heterocycles. The highest BCUT2D eigenvalue weighted by molar-refractivity contribution is 5.97. The first-order valence-corrected chi connectivity index (χ1v) is 9.49. The number of likely N-dealkylation sites (tertiary alicyclic amines) is 1. The molecule has 0 bridgehead atoms. The van der Waals surface area contributed by atoms with Crippen LogP contribution in [0, 0.1) is 0 Å². The van der Waals surface area contributed by atoms with Crippen molar-refractivity contribution in [1.29, 1.82) is 0 Å². The van der Waals surface area contributed by atoms with Gasteiger partial charge < -0.3 is 14.8 Å². The molecule has 1 amide bonds. The zero-order chi connectivity index (χ0) is 19.1. The fourth-order valence-electron chi connectivity index (χ4n) is 3.61. The molecule has 1 aliphatic rings. The summed E-state index contributed by atoms with van der Waals surface area (Å²) in [7, 11) is 3.16. The van der Waals surface area contributed by atoms with E-state index in [2.05, 4.69) is 34.5 Å². The SMILES string of the molecule is COc1ccc(OC)c(C(=O)NCC2CCCCN2Cc2ccccc2)c1. The number of piperidine rings is 1. The summed E-state index contributed by atoms with van der Waals surface area (Å²) in [6, 6.07) is 16.1. The van der Waals surface area contributed by atoms with Gasteiger partial charge in [-0.25, -0.2) is 0 Å². The summed E-state index contributed by atoms with van der Waals surface area (Å²) >= 11 is 0. The van der Waals surface area contributed by atoms with Gasteiger partial charge in [-0.2, -0.15) is 0 Å². The van der Waals surface area contributed by atoms with Gasteiger partial charge in [-0.15, -0.1) is 0 Å². The zero-order valence-electron chi connectivity index (χ0n) is 16.1. The second-order valence-electron chi connectivity index (χ2n) is 6.88. The van der Waals surface area contributed by atoms with Crippen LogP contribution in [0.15, 0.2) is 48.5 Å². The number of nitrogens with one attached hydrogen (secondary N) is 1. The number of methoxy groups -OCH3 is 2. The summed E-state index contributed by atoms with van der Waals surface area (Å²) in [4.78, 5) is 15.2. The Hall–Kier alpha value is -2.53. The first-order valence-electron chi connectivity index (χ1n) is 9.49. The number of amides is 1. The molecule has 0 spiro atoms. The lowest BCUT2D eigenvalue weighted by Crippen LogP contribution is -2.46. The van der Waals surface area contributed by atoms with Crippen molar-refractivity contribution in [3.63, 3.8) is 0 Å². The molecule has 1 N–H and O–H groups in total. The molecule has 1 heterocycles. The van der Waals surface area contributed by atoms with E-state index in [4.69, 9.17) is 9.47 Å². The van der Waals surface area contributed by atoms with Gasteiger partial charge in [-0.3, -0.25) is 9.69 Å². The number of nitrogens with zero attached hydrogens (tertiary/aromatic N) is 1. The summed E-state index contributed by atoms with van der Waals surface area (Å²) in [5, 5.41) is 3.09. The summed E-state index contributed by atoms with van der Waals surface area (Å²) in [5.74, 6) is 1.07. The molecule has 1 atom stereocenters. The van der Waals surface area contributed by atoms with Crippen molar-refractivity contribution in [2.45, 2.75) is 31.8 Å². The van der Waals surface area contributed by atoms with Crippen molar-refractivity contribution in [2.24, 2.45) is 0 Å². The molecule has 2 aromatic carbocycles. The minimum Gasteiger partial charge on any atom is -0.497 e. The van der Waals surface area contributed by atoms with Crippen LogP contribution in [0.25, 0.3) is 0 Å². The van der Waals surface area contributed by atoms with Crippen molar-refractivity contribution in [3.05, 3.63) is 59.7 Å². The van der Waals surface area contributed by atoms with Crippen LogP contribution in [0.3, 0.4) is 0 Å². The van der Waals surface area contributed by atoms with Crippen molar-refractivity contribution >= 4 is 5.91 Å². The van der Waals surface area contributed by atoms with E-state index in [0.717, 1.165) is 19.5 Å². The van der Waals surface area contributed by atoms with Crippen LogP contribution in [0.5, 0.6) is 11.5 Å². The fourth-order valence-corrected chi connectivity index (χ4v) is 3.61. The second kappa shape index (κ2) is 9.42. The Kier molecular flexibility index (Phi) is 6.71. The van der Waals surface area contributed by atoms with Gasteiger partial charge in [0.25, 0.3) is 5.91 Å². The van der Waals surface area contributed by atoms with E-state index in [0.29, 0.717) is 29.6 Å². The predicted molar refractivity (Wildman–Crippen MR) is 106 cm³/mol. The molecule has 0 aliphatic carbocycles. The Balaban J connectivity index is 1.64. The molecule has 0 radical (unpaired) electrons. The number of hydrogen-bond donors (Lipinski definition) is 1. The average molecular weight is 368 g/mol. The molecule has 5 heteroatoms. The molecule has 1 unspecified atom stereocenters. The first-order chi connectivity index (χ1) is 13.2.